The number of aryl methyl sites for hydroxylation is 1. The summed E-state index contributed by atoms with van der Waals surface area (Å²) < 4.78 is 28.5. The first-order valence-corrected chi connectivity index (χ1v) is 9.04. The van der Waals surface area contributed by atoms with E-state index in [2.05, 4.69) is 14.9 Å². The average Bonchev–Trinajstić information content (AvgIpc) is 3.02. The second-order valence-corrected chi connectivity index (χ2v) is 7.77. The Bertz CT molecular complexity index is 759. The van der Waals surface area contributed by atoms with Gasteiger partial charge in [-0.2, -0.15) is 4.31 Å². The van der Waals surface area contributed by atoms with E-state index >= 15 is 0 Å². The van der Waals surface area contributed by atoms with Crippen LogP contribution in [0.3, 0.4) is 0 Å². The van der Waals surface area contributed by atoms with Crippen molar-refractivity contribution in [1.29, 1.82) is 0 Å². The highest BCUT2D eigenvalue weighted by Gasteiger charge is 2.33. The van der Waals surface area contributed by atoms with Crippen LogP contribution in [-0.4, -0.2) is 53.4 Å². The van der Waals surface area contributed by atoms with E-state index in [1.54, 1.807) is 24.9 Å². The predicted molar refractivity (Wildman–Crippen MR) is 87.6 cm³/mol. The summed E-state index contributed by atoms with van der Waals surface area (Å²) in [6.07, 6.45) is 6.56. The molecule has 0 saturated carbocycles. The molecular weight excluding hydrogens is 314 g/mol. The van der Waals surface area contributed by atoms with Crippen LogP contribution in [0.2, 0.25) is 0 Å². The molecule has 2 aromatic heterocycles. The van der Waals surface area contributed by atoms with Crippen molar-refractivity contribution < 1.29 is 8.42 Å². The van der Waals surface area contributed by atoms with E-state index in [4.69, 9.17) is 0 Å². The van der Waals surface area contributed by atoms with Crippen LogP contribution in [0.15, 0.2) is 41.9 Å². The molecule has 0 radical (unpaired) electrons. The topological polar surface area (TPSA) is 71.3 Å². The third kappa shape index (κ3) is 3.23. The monoisotopic (exact) mass is 335 g/mol. The zero-order chi connectivity index (χ0) is 16.4. The van der Waals surface area contributed by atoms with Gasteiger partial charge in [0.05, 0.1) is 6.33 Å². The van der Waals surface area contributed by atoms with Crippen LogP contribution in [0.5, 0.6) is 0 Å². The standard InChI is InChI=1S/C15H21N5O2S/c1-18-11-15(17-12-18)23(21,22)19(2)13-6-5-9-20(10-13)14-7-3-4-8-16-14/h3-4,7-8,11-13H,5-6,9-10H2,1-2H3/t13-/m1/s1. The lowest BCUT2D eigenvalue weighted by Gasteiger charge is -2.37. The van der Waals surface area contributed by atoms with Gasteiger partial charge in [-0.15, -0.1) is 0 Å². The summed E-state index contributed by atoms with van der Waals surface area (Å²) in [5.41, 5.74) is 0. The molecule has 1 aliphatic heterocycles. The summed E-state index contributed by atoms with van der Waals surface area (Å²) in [6.45, 7) is 1.53. The summed E-state index contributed by atoms with van der Waals surface area (Å²) in [5.74, 6) is 0.890. The molecule has 0 aromatic carbocycles. The summed E-state index contributed by atoms with van der Waals surface area (Å²) in [6, 6.07) is 5.69. The molecule has 2 aromatic rings. The molecule has 3 rings (SSSR count). The molecule has 0 aliphatic carbocycles. The number of pyridine rings is 1. The molecule has 0 unspecified atom stereocenters. The molecule has 1 aliphatic rings. The Morgan fingerprint density at radius 1 is 1.30 bits per heavy atom. The fourth-order valence-corrected chi connectivity index (χ4v) is 4.21. The zero-order valence-corrected chi connectivity index (χ0v) is 14.1. The summed E-state index contributed by atoms with van der Waals surface area (Å²) >= 11 is 0. The fraction of sp³-hybridized carbons (Fsp3) is 0.467. The van der Waals surface area contributed by atoms with Gasteiger partial charge in [-0.1, -0.05) is 6.07 Å². The molecule has 0 amide bonds. The van der Waals surface area contributed by atoms with Crippen molar-refractivity contribution in [3.8, 4) is 0 Å². The SMILES string of the molecule is CN([C@@H]1CCCN(c2ccccn2)C1)S(=O)(=O)c1cn(C)cn1. The highest BCUT2D eigenvalue weighted by molar-refractivity contribution is 7.89. The smallest absolute Gasteiger partial charge is 0.262 e. The summed E-state index contributed by atoms with van der Waals surface area (Å²) in [4.78, 5) is 10.5. The van der Waals surface area contributed by atoms with E-state index < -0.39 is 10.0 Å². The maximum Gasteiger partial charge on any atom is 0.262 e. The van der Waals surface area contributed by atoms with Crippen LogP contribution in [0.1, 0.15) is 12.8 Å². The molecule has 1 saturated heterocycles. The van der Waals surface area contributed by atoms with E-state index in [9.17, 15) is 8.42 Å². The molecule has 3 heterocycles. The Morgan fingerprint density at radius 2 is 2.13 bits per heavy atom. The largest absolute Gasteiger partial charge is 0.355 e. The molecule has 8 heteroatoms. The first-order chi connectivity index (χ1) is 11.0. The number of hydrogen-bond donors (Lipinski definition) is 0. The van der Waals surface area contributed by atoms with Gasteiger partial charge in [0, 0.05) is 45.6 Å². The summed E-state index contributed by atoms with van der Waals surface area (Å²) in [7, 11) is -0.174. The Balaban J connectivity index is 1.78. The van der Waals surface area contributed by atoms with Crippen molar-refractivity contribution in [3.05, 3.63) is 36.9 Å². The van der Waals surface area contributed by atoms with Crippen molar-refractivity contribution >= 4 is 15.8 Å². The van der Waals surface area contributed by atoms with Crippen molar-refractivity contribution in [3.63, 3.8) is 0 Å². The number of nitrogens with zero attached hydrogens (tertiary/aromatic N) is 5. The molecule has 0 bridgehead atoms. The van der Waals surface area contributed by atoms with Crippen molar-refractivity contribution in [1.82, 2.24) is 18.8 Å². The first kappa shape index (κ1) is 15.9. The maximum atomic E-state index is 12.7. The van der Waals surface area contributed by atoms with Gasteiger partial charge in [-0.25, -0.2) is 18.4 Å². The van der Waals surface area contributed by atoms with Gasteiger partial charge in [0.2, 0.25) is 0 Å². The van der Waals surface area contributed by atoms with E-state index in [0.717, 1.165) is 25.2 Å². The predicted octanol–water partition coefficient (Wildman–Crippen LogP) is 1.10. The highest BCUT2D eigenvalue weighted by Crippen LogP contribution is 2.23. The number of rotatable bonds is 4. The Hall–Kier alpha value is -1.93. The van der Waals surface area contributed by atoms with E-state index in [1.807, 2.05) is 18.2 Å². The van der Waals surface area contributed by atoms with Crippen LogP contribution >= 0.6 is 0 Å². The van der Waals surface area contributed by atoms with Gasteiger partial charge >= 0.3 is 0 Å². The molecule has 124 valence electrons. The number of anilines is 1. The van der Waals surface area contributed by atoms with Crippen molar-refractivity contribution in [2.24, 2.45) is 7.05 Å². The second-order valence-electron chi connectivity index (χ2n) is 5.83. The Labute approximate surface area is 136 Å². The third-order valence-corrected chi connectivity index (χ3v) is 6.00. The molecular formula is C15H21N5O2S. The lowest BCUT2D eigenvalue weighted by Crippen LogP contribution is -2.48. The molecule has 23 heavy (non-hydrogen) atoms. The lowest BCUT2D eigenvalue weighted by molar-refractivity contribution is 0.319. The van der Waals surface area contributed by atoms with Gasteiger partial charge in [0.15, 0.2) is 5.03 Å². The minimum Gasteiger partial charge on any atom is -0.355 e. The van der Waals surface area contributed by atoms with Crippen LogP contribution in [0, 0.1) is 0 Å². The number of imidazole rings is 1. The fourth-order valence-electron chi connectivity index (χ4n) is 2.87. The Morgan fingerprint density at radius 3 is 2.78 bits per heavy atom. The van der Waals surface area contributed by atoms with Crippen molar-refractivity contribution in [2.75, 3.05) is 25.0 Å². The van der Waals surface area contributed by atoms with Crippen LogP contribution in [0.25, 0.3) is 0 Å². The number of piperidine rings is 1. The van der Waals surface area contributed by atoms with Gasteiger partial charge in [0.1, 0.15) is 5.82 Å². The third-order valence-electron chi connectivity index (χ3n) is 4.21. The number of hydrogen-bond acceptors (Lipinski definition) is 5. The first-order valence-electron chi connectivity index (χ1n) is 7.60. The molecule has 1 fully saturated rings. The zero-order valence-electron chi connectivity index (χ0n) is 13.3. The second kappa shape index (κ2) is 6.29. The van der Waals surface area contributed by atoms with Gasteiger partial charge in [-0.3, -0.25) is 0 Å². The summed E-state index contributed by atoms with van der Waals surface area (Å²) in [5, 5.41) is 0.0949. The minimum atomic E-state index is -3.57. The lowest BCUT2D eigenvalue weighted by atomic mass is 10.1. The van der Waals surface area contributed by atoms with Crippen molar-refractivity contribution in [2.45, 2.75) is 23.9 Å². The van der Waals surface area contributed by atoms with Gasteiger partial charge in [-0.05, 0) is 25.0 Å². The Kier molecular flexibility index (Phi) is 4.36. The molecule has 0 N–H and O–H groups in total. The number of aromatic nitrogens is 3. The van der Waals surface area contributed by atoms with Crippen LogP contribution in [0.4, 0.5) is 5.82 Å². The van der Waals surface area contributed by atoms with Crippen LogP contribution in [-0.2, 0) is 17.1 Å². The molecule has 1 atom stereocenters. The van der Waals surface area contributed by atoms with Gasteiger partial charge in [0.25, 0.3) is 10.0 Å². The van der Waals surface area contributed by atoms with E-state index in [-0.39, 0.29) is 11.1 Å². The molecule has 7 nitrogen and oxygen atoms in total. The number of likely N-dealkylation sites (N-methyl/N-ethyl adjacent to an activating group) is 1. The molecule has 0 spiro atoms. The maximum absolute atomic E-state index is 12.7. The quantitative estimate of drug-likeness (QED) is 0.837. The van der Waals surface area contributed by atoms with Crippen LogP contribution < -0.4 is 4.90 Å². The van der Waals surface area contributed by atoms with E-state index in [1.165, 1.54) is 16.8 Å². The minimum absolute atomic E-state index is 0.0854. The number of sulfonamides is 1. The van der Waals surface area contributed by atoms with Gasteiger partial charge < -0.3 is 9.47 Å². The van der Waals surface area contributed by atoms with E-state index in [0.29, 0.717) is 6.54 Å². The highest BCUT2D eigenvalue weighted by atomic mass is 32.2. The average molecular weight is 335 g/mol. The normalized spacial score (nSPS) is 19.3.